The van der Waals surface area contributed by atoms with E-state index in [0.29, 0.717) is 13.5 Å². The van der Waals surface area contributed by atoms with Crippen LogP contribution in [0.3, 0.4) is 0 Å². The van der Waals surface area contributed by atoms with Crippen molar-refractivity contribution in [3.63, 3.8) is 0 Å². The minimum absolute atomic E-state index is 0.575. The molecule has 0 bridgehead atoms. The Morgan fingerprint density at radius 3 is 2.16 bits per heavy atom. The van der Waals surface area contributed by atoms with Gasteiger partial charge in [-0.05, 0) is 24.3 Å². The molecular formula is C15H15N3O. The van der Waals surface area contributed by atoms with Gasteiger partial charge in [0.1, 0.15) is 13.5 Å². The molecule has 0 saturated carbocycles. The van der Waals surface area contributed by atoms with Gasteiger partial charge in [-0.2, -0.15) is 0 Å². The second-order valence-electron chi connectivity index (χ2n) is 4.26. The summed E-state index contributed by atoms with van der Waals surface area (Å²) in [6.45, 7) is 1.15. The van der Waals surface area contributed by atoms with Crippen LogP contribution in [0.2, 0.25) is 0 Å². The maximum atomic E-state index is 5.20. The third kappa shape index (κ3) is 2.92. The number of hydrogen-bond acceptors (Lipinski definition) is 2. The number of nitrogens with zero attached hydrogens (tertiary/aromatic N) is 2. The van der Waals surface area contributed by atoms with Crippen LogP contribution in [0.5, 0.6) is 0 Å². The molecule has 1 aliphatic rings. The summed E-state index contributed by atoms with van der Waals surface area (Å²) in [5, 5.41) is 3.33. The van der Waals surface area contributed by atoms with E-state index in [9.17, 15) is 0 Å². The minimum atomic E-state index is 0.575. The van der Waals surface area contributed by atoms with Gasteiger partial charge in [0.2, 0.25) is 5.96 Å². The zero-order valence-corrected chi connectivity index (χ0v) is 10.5. The van der Waals surface area contributed by atoms with E-state index in [4.69, 9.17) is 4.74 Å². The number of guanidine groups is 1. The number of ether oxygens (including phenoxy) is 1. The normalized spacial score (nSPS) is 14.9. The molecule has 0 amide bonds. The Bertz CT molecular complexity index is 550. The van der Waals surface area contributed by atoms with Crippen molar-refractivity contribution in [3.8, 4) is 0 Å². The molecule has 0 aliphatic carbocycles. The van der Waals surface area contributed by atoms with Crippen molar-refractivity contribution in [3.05, 3.63) is 60.7 Å². The Kier molecular flexibility index (Phi) is 3.42. The van der Waals surface area contributed by atoms with E-state index in [-0.39, 0.29) is 0 Å². The van der Waals surface area contributed by atoms with Gasteiger partial charge in [-0.25, -0.2) is 4.99 Å². The molecule has 4 nitrogen and oxygen atoms in total. The standard InChI is InChI=1S/C15H15N3O/c1-3-7-13(8-4-1)16-15(18-11-19-12-18)17-14-9-5-2-6-10-14/h1-10H,11-12H2,(H,16,17). The number of aliphatic imine (C=N–C) groups is 1. The number of rotatable bonds is 2. The molecule has 0 atom stereocenters. The van der Waals surface area contributed by atoms with Crippen molar-refractivity contribution in [1.29, 1.82) is 0 Å². The highest BCUT2D eigenvalue weighted by atomic mass is 16.5. The van der Waals surface area contributed by atoms with Crippen molar-refractivity contribution < 1.29 is 4.74 Å². The summed E-state index contributed by atoms with van der Waals surface area (Å²) in [6.07, 6.45) is 0. The van der Waals surface area contributed by atoms with Crippen LogP contribution in [-0.2, 0) is 4.74 Å². The lowest BCUT2D eigenvalue weighted by Crippen LogP contribution is -2.47. The topological polar surface area (TPSA) is 36.9 Å². The quantitative estimate of drug-likeness (QED) is 0.660. The van der Waals surface area contributed by atoms with Gasteiger partial charge in [0.25, 0.3) is 0 Å². The number of para-hydroxylation sites is 2. The average Bonchev–Trinajstić information content (AvgIpc) is 2.39. The predicted molar refractivity (Wildman–Crippen MR) is 76.3 cm³/mol. The highest BCUT2D eigenvalue weighted by Crippen LogP contribution is 2.15. The predicted octanol–water partition coefficient (Wildman–Crippen LogP) is 3.03. The Hall–Kier alpha value is -2.33. The average molecular weight is 253 g/mol. The first-order valence-electron chi connectivity index (χ1n) is 6.20. The van der Waals surface area contributed by atoms with Gasteiger partial charge in [-0.1, -0.05) is 36.4 Å². The van der Waals surface area contributed by atoms with Gasteiger partial charge in [-0.3, -0.25) is 4.90 Å². The summed E-state index contributed by atoms with van der Waals surface area (Å²) < 4.78 is 5.20. The van der Waals surface area contributed by atoms with Crippen molar-refractivity contribution in [1.82, 2.24) is 4.90 Å². The molecule has 19 heavy (non-hydrogen) atoms. The van der Waals surface area contributed by atoms with E-state index < -0.39 is 0 Å². The molecule has 0 unspecified atom stereocenters. The molecule has 1 saturated heterocycles. The van der Waals surface area contributed by atoms with E-state index in [1.807, 2.05) is 65.6 Å². The summed E-state index contributed by atoms with van der Waals surface area (Å²) in [6, 6.07) is 19.9. The fourth-order valence-corrected chi connectivity index (χ4v) is 1.76. The monoisotopic (exact) mass is 253 g/mol. The Morgan fingerprint density at radius 1 is 0.947 bits per heavy atom. The fraction of sp³-hybridized carbons (Fsp3) is 0.133. The smallest absolute Gasteiger partial charge is 0.207 e. The van der Waals surface area contributed by atoms with Crippen LogP contribution >= 0.6 is 0 Å². The summed E-state index contributed by atoms with van der Waals surface area (Å²) >= 11 is 0. The van der Waals surface area contributed by atoms with Gasteiger partial charge < -0.3 is 10.1 Å². The third-order valence-corrected chi connectivity index (χ3v) is 2.81. The van der Waals surface area contributed by atoms with E-state index in [1.54, 1.807) is 0 Å². The zero-order valence-electron chi connectivity index (χ0n) is 10.5. The van der Waals surface area contributed by atoms with Gasteiger partial charge in [-0.15, -0.1) is 0 Å². The molecule has 1 N–H and O–H groups in total. The lowest BCUT2D eigenvalue weighted by Gasteiger charge is -2.33. The number of anilines is 1. The zero-order chi connectivity index (χ0) is 12.9. The lowest BCUT2D eigenvalue weighted by molar-refractivity contribution is -0.0986. The Morgan fingerprint density at radius 2 is 1.58 bits per heavy atom. The molecule has 0 aromatic heterocycles. The lowest BCUT2D eigenvalue weighted by atomic mass is 10.3. The van der Waals surface area contributed by atoms with Crippen LogP contribution in [-0.4, -0.2) is 24.3 Å². The molecule has 0 spiro atoms. The highest BCUT2D eigenvalue weighted by molar-refractivity contribution is 5.95. The SMILES string of the molecule is c1ccc(N=C(Nc2ccccc2)N2COC2)cc1. The molecule has 2 aromatic carbocycles. The maximum absolute atomic E-state index is 5.20. The first kappa shape index (κ1) is 11.7. The minimum Gasteiger partial charge on any atom is -0.340 e. The van der Waals surface area contributed by atoms with Crippen LogP contribution in [0.1, 0.15) is 0 Å². The first-order valence-corrected chi connectivity index (χ1v) is 6.20. The molecule has 1 aliphatic heterocycles. The van der Waals surface area contributed by atoms with Crippen molar-refractivity contribution >= 4 is 17.3 Å². The van der Waals surface area contributed by atoms with Gasteiger partial charge >= 0.3 is 0 Å². The van der Waals surface area contributed by atoms with Crippen LogP contribution in [0, 0.1) is 0 Å². The molecule has 4 heteroatoms. The van der Waals surface area contributed by atoms with Crippen LogP contribution in [0.25, 0.3) is 0 Å². The van der Waals surface area contributed by atoms with E-state index in [0.717, 1.165) is 17.3 Å². The summed E-state index contributed by atoms with van der Waals surface area (Å²) in [4.78, 5) is 6.67. The number of benzene rings is 2. The van der Waals surface area contributed by atoms with E-state index in [2.05, 4.69) is 10.3 Å². The maximum Gasteiger partial charge on any atom is 0.207 e. The van der Waals surface area contributed by atoms with Crippen LogP contribution in [0.4, 0.5) is 11.4 Å². The second-order valence-corrected chi connectivity index (χ2v) is 4.26. The molecule has 1 heterocycles. The van der Waals surface area contributed by atoms with Crippen LogP contribution in [0.15, 0.2) is 65.7 Å². The third-order valence-electron chi connectivity index (χ3n) is 2.81. The highest BCUT2D eigenvalue weighted by Gasteiger charge is 2.19. The van der Waals surface area contributed by atoms with Gasteiger partial charge in [0.05, 0.1) is 5.69 Å². The fourth-order valence-electron chi connectivity index (χ4n) is 1.76. The Labute approximate surface area is 112 Å². The van der Waals surface area contributed by atoms with Crippen molar-refractivity contribution in [2.24, 2.45) is 4.99 Å². The second kappa shape index (κ2) is 5.54. The molecule has 96 valence electrons. The molecule has 1 fully saturated rings. The Balaban J connectivity index is 1.84. The van der Waals surface area contributed by atoms with Crippen molar-refractivity contribution in [2.75, 3.05) is 18.8 Å². The van der Waals surface area contributed by atoms with Gasteiger partial charge in [0.15, 0.2) is 0 Å². The summed E-state index contributed by atoms with van der Waals surface area (Å²) in [5.41, 5.74) is 1.94. The first-order chi connectivity index (χ1) is 9.42. The summed E-state index contributed by atoms with van der Waals surface area (Å²) in [7, 11) is 0. The number of nitrogens with one attached hydrogen (secondary N) is 1. The molecule has 0 radical (unpaired) electrons. The molecule has 3 rings (SSSR count). The van der Waals surface area contributed by atoms with E-state index in [1.165, 1.54) is 0 Å². The molecular weight excluding hydrogens is 238 g/mol. The number of hydrogen-bond donors (Lipinski definition) is 1. The van der Waals surface area contributed by atoms with Crippen LogP contribution < -0.4 is 5.32 Å². The van der Waals surface area contributed by atoms with Crippen molar-refractivity contribution in [2.45, 2.75) is 0 Å². The van der Waals surface area contributed by atoms with E-state index >= 15 is 0 Å². The summed E-state index contributed by atoms with van der Waals surface area (Å²) in [5.74, 6) is 0.809. The largest absolute Gasteiger partial charge is 0.340 e. The molecule has 2 aromatic rings. The van der Waals surface area contributed by atoms with Gasteiger partial charge in [0, 0.05) is 5.69 Å².